The molecule has 0 radical (unpaired) electrons. The Labute approximate surface area is 150 Å². The Hall–Kier alpha value is -2.47. The maximum absolute atomic E-state index is 13.5. The molecule has 1 fully saturated rings. The van der Waals surface area contributed by atoms with Crippen molar-refractivity contribution in [3.05, 3.63) is 39.9 Å². The fourth-order valence-electron chi connectivity index (χ4n) is 2.65. The molecule has 1 aromatic carbocycles. The molecular weight excluding hydrogens is 379 g/mol. The van der Waals surface area contributed by atoms with Gasteiger partial charge in [-0.25, -0.2) is 0 Å². The number of nitro groups is 1. The van der Waals surface area contributed by atoms with Gasteiger partial charge in [-0.2, -0.15) is 13.2 Å². The lowest BCUT2D eigenvalue weighted by Gasteiger charge is -2.45. The summed E-state index contributed by atoms with van der Waals surface area (Å²) in [6.07, 6.45) is -5.28. The van der Waals surface area contributed by atoms with Gasteiger partial charge in [0.2, 0.25) is 0 Å². The van der Waals surface area contributed by atoms with Gasteiger partial charge in [0, 0.05) is 12.1 Å². The average Bonchev–Trinajstić information content (AvgIpc) is 2.53. The van der Waals surface area contributed by atoms with Gasteiger partial charge >= 0.3 is 12.1 Å². The Morgan fingerprint density at radius 3 is 2.69 bits per heavy atom. The lowest BCUT2D eigenvalue weighted by Crippen LogP contribution is -2.73. The van der Waals surface area contributed by atoms with Gasteiger partial charge in [0.05, 0.1) is 17.6 Å². The SMILES string of the molecule is CCOC(=O)[C@@H]1[C@@H](c2cccc([N+](=O)[O-])c2)NC(=S)N[C@@]1(O)C(F)(F)F. The highest BCUT2D eigenvalue weighted by molar-refractivity contribution is 7.80. The minimum Gasteiger partial charge on any atom is -0.466 e. The lowest BCUT2D eigenvalue weighted by molar-refractivity contribution is -0.385. The number of nitro benzene ring substituents is 1. The summed E-state index contributed by atoms with van der Waals surface area (Å²) < 4.78 is 45.3. The molecule has 0 amide bonds. The zero-order valence-electron chi connectivity index (χ0n) is 13.2. The molecule has 0 aromatic heterocycles. The molecule has 12 heteroatoms. The average molecular weight is 393 g/mol. The number of hydrogen-bond donors (Lipinski definition) is 3. The van der Waals surface area contributed by atoms with Gasteiger partial charge in [-0.1, -0.05) is 12.1 Å². The highest BCUT2D eigenvalue weighted by Crippen LogP contribution is 2.43. The van der Waals surface area contributed by atoms with Crippen LogP contribution in [0.3, 0.4) is 0 Å². The monoisotopic (exact) mass is 393 g/mol. The summed E-state index contributed by atoms with van der Waals surface area (Å²) in [7, 11) is 0. The first-order chi connectivity index (χ1) is 12.0. The lowest BCUT2D eigenvalue weighted by atomic mass is 9.82. The van der Waals surface area contributed by atoms with Crippen LogP contribution in [0, 0.1) is 16.0 Å². The van der Waals surface area contributed by atoms with Gasteiger partial charge < -0.3 is 20.5 Å². The number of hydrogen-bond acceptors (Lipinski definition) is 6. The summed E-state index contributed by atoms with van der Waals surface area (Å²) in [5.41, 5.74) is -4.15. The summed E-state index contributed by atoms with van der Waals surface area (Å²) in [5, 5.41) is 24.7. The fraction of sp³-hybridized carbons (Fsp3) is 0.429. The third-order valence-corrected chi connectivity index (χ3v) is 4.01. The number of nitrogens with zero attached hydrogens (tertiary/aromatic N) is 1. The Bertz CT molecular complexity index is 745. The second kappa shape index (κ2) is 7.03. The van der Waals surface area contributed by atoms with E-state index in [1.807, 2.05) is 0 Å². The highest BCUT2D eigenvalue weighted by Gasteiger charge is 2.66. The van der Waals surface area contributed by atoms with Crippen LogP contribution in [0.1, 0.15) is 18.5 Å². The van der Waals surface area contributed by atoms with E-state index in [9.17, 15) is 33.2 Å². The van der Waals surface area contributed by atoms with Crippen LogP contribution in [-0.4, -0.2) is 39.6 Å². The predicted octanol–water partition coefficient (Wildman–Crippen LogP) is 1.54. The molecule has 0 saturated carbocycles. The smallest absolute Gasteiger partial charge is 0.437 e. The van der Waals surface area contributed by atoms with Crippen LogP contribution in [0.2, 0.25) is 0 Å². The van der Waals surface area contributed by atoms with Crippen molar-refractivity contribution in [2.24, 2.45) is 5.92 Å². The molecule has 1 saturated heterocycles. The summed E-state index contributed by atoms with van der Waals surface area (Å²) in [6.45, 7) is 1.16. The first kappa shape index (κ1) is 19.8. The van der Waals surface area contributed by atoms with E-state index in [2.05, 4.69) is 10.1 Å². The third-order valence-electron chi connectivity index (χ3n) is 3.79. The van der Waals surface area contributed by atoms with Crippen LogP contribution < -0.4 is 10.6 Å². The summed E-state index contributed by atoms with van der Waals surface area (Å²) in [4.78, 5) is 22.4. The molecule has 1 aliphatic rings. The number of esters is 1. The molecule has 3 atom stereocenters. The molecule has 0 unspecified atom stereocenters. The molecule has 1 heterocycles. The molecule has 1 aromatic rings. The van der Waals surface area contributed by atoms with Crippen molar-refractivity contribution < 1.29 is 32.7 Å². The number of aliphatic hydroxyl groups is 1. The number of carbonyl (C=O) groups excluding carboxylic acids is 1. The molecule has 0 aliphatic carbocycles. The topological polar surface area (TPSA) is 114 Å². The van der Waals surface area contributed by atoms with Crippen molar-refractivity contribution in [3.63, 3.8) is 0 Å². The zero-order chi connectivity index (χ0) is 19.7. The number of nitrogens with one attached hydrogen (secondary N) is 2. The summed E-state index contributed by atoms with van der Waals surface area (Å²) >= 11 is 4.72. The highest BCUT2D eigenvalue weighted by atomic mass is 32.1. The predicted molar refractivity (Wildman–Crippen MR) is 85.8 cm³/mol. The normalized spacial score (nSPS) is 25.8. The molecule has 26 heavy (non-hydrogen) atoms. The van der Waals surface area contributed by atoms with E-state index in [-0.39, 0.29) is 12.2 Å². The number of halogens is 3. The van der Waals surface area contributed by atoms with E-state index >= 15 is 0 Å². The maximum Gasteiger partial charge on any atom is 0.437 e. The Kier molecular flexibility index (Phi) is 5.37. The molecule has 3 N–H and O–H groups in total. The van der Waals surface area contributed by atoms with Crippen molar-refractivity contribution in [2.45, 2.75) is 24.9 Å². The fourth-order valence-corrected chi connectivity index (χ4v) is 2.93. The first-order valence-corrected chi connectivity index (χ1v) is 7.71. The van der Waals surface area contributed by atoms with Crippen LogP contribution in [0.5, 0.6) is 0 Å². The third kappa shape index (κ3) is 3.55. The van der Waals surface area contributed by atoms with Crippen LogP contribution in [-0.2, 0) is 9.53 Å². The quantitative estimate of drug-likeness (QED) is 0.306. The van der Waals surface area contributed by atoms with Crippen molar-refractivity contribution in [1.82, 2.24) is 10.6 Å². The van der Waals surface area contributed by atoms with E-state index in [1.165, 1.54) is 19.1 Å². The molecule has 142 valence electrons. The minimum absolute atomic E-state index is 0.0382. The van der Waals surface area contributed by atoms with Crippen molar-refractivity contribution in [1.29, 1.82) is 0 Å². The second-order valence-electron chi connectivity index (χ2n) is 5.42. The molecule has 0 bridgehead atoms. The minimum atomic E-state index is -5.28. The molecule has 0 spiro atoms. The van der Waals surface area contributed by atoms with E-state index < -0.39 is 45.6 Å². The van der Waals surface area contributed by atoms with Gasteiger partial charge in [0.25, 0.3) is 11.4 Å². The number of thiocarbonyl (C=S) groups is 1. The van der Waals surface area contributed by atoms with Gasteiger partial charge in [0.15, 0.2) is 5.11 Å². The zero-order valence-corrected chi connectivity index (χ0v) is 14.1. The summed E-state index contributed by atoms with van der Waals surface area (Å²) in [6, 6.07) is 3.15. The van der Waals surface area contributed by atoms with Crippen molar-refractivity contribution in [2.75, 3.05) is 6.61 Å². The summed E-state index contributed by atoms with van der Waals surface area (Å²) in [5.74, 6) is -3.54. The number of carbonyl (C=O) groups is 1. The van der Waals surface area contributed by atoms with E-state index in [1.54, 1.807) is 5.32 Å². The van der Waals surface area contributed by atoms with Crippen LogP contribution in [0.4, 0.5) is 18.9 Å². The first-order valence-electron chi connectivity index (χ1n) is 7.30. The standard InChI is InChI=1S/C14H14F3N3O5S/c1-2-25-11(21)9-10(7-4-3-5-8(6-7)20(23)24)18-12(26)19-13(9,22)14(15,16)17/h3-6,9-10,22H,2H2,1H3,(H2,18,19,26)/t9-,10+,13-/m0/s1. The molecule has 2 rings (SSSR count). The van der Waals surface area contributed by atoms with E-state index in [4.69, 9.17) is 12.2 Å². The van der Waals surface area contributed by atoms with Crippen LogP contribution >= 0.6 is 12.2 Å². The number of benzene rings is 1. The van der Waals surface area contributed by atoms with Gasteiger partial charge in [-0.15, -0.1) is 0 Å². The van der Waals surface area contributed by atoms with E-state index in [0.717, 1.165) is 12.1 Å². The van der Waals surface area contributed by atoms with Gasteiger partial charge in [-0.3, -0.25) is 14.9 Å². The van der Waals surface area contributed by atoms with E-state index in [0.29, 0.717) is 0 Å². The second-order valence-corrected chi connectivity index (χ2v) is 5.83. The number of alkyl halides is 3. The number of rotatable bonds is 4. The Morgan fingerprint density at radius 1 is 1.50 bits per heavy atom. The Balaban J connectivity index is 2.60. The van der Waals surface area contributed by atoms with Crippen molar-refractivity contribution >= 4 is 29.0 Å². The van der Waals surface area contributed by atoms with Crippen molar-refractivity contribution in [3.8, 4) is 0 Å². The van der Waals surface area contributed by atoms with Gasteiger partial charge in [-0.05, 0) is 24.7 Å². The number of non-ortho nitro benzene ring substituents is 1. The number of ether oxygens (including phenoxy) is 1. The molecular formula is C14H14F3N3O5S. The van der Waals surface area contributed by atoms with Gasteiger partial charge in [0.1, 0.15) is 5.92 Å². The largest absolute Gasteiger partial charge is 0.466 e. The Morgan fingerprint density at radius 2 is 2.15 bits per heavy atom. The van der Waals surface area contributed by atoms with Crippen LogP contribution in [0.25, 0.3) is 0 Å². The maximum atomic E-state index is 13.5. The molecule has 1 aliphatic heterocycles. The van der Waals surface area contributed by atoms with Crippen LogP contribution in [0.15, 0.2) is 24.3 Å². The molecule has 8 nitrogen and oxygen atoms in total.